The molecule has 3 rings (SSSR count). The van der Waals surface area contributed by atoms with Crippen molar-refractivity contribution < 1.29 is 13.2 Å². The summed E-state index contributed by atoms with van der Waals surface area (Å²) in [6.07, 6.45) is 0.640. The second-order valence-electron chi connectivity index (χ2n) is 5.04. The van der Waals surface area contributed by atoms with E-state index in [9.17, 15) is 13.2 Å². The standard InChI is InChI=1S/C14H15N3O3S2/c1-10-15-13(9-21-10)14(18)16-22(19,20)17-7-6-11-4-2-3-5-12(11)8-17/h2-5,9H,6-8H2,1H3,(H,16,18). The van der Waals surface area contributed by atoms with Gasteiger partial charge in [0.15, 0.2) is 0 Å². The summed E-state index contributed by atoms with van der Waals surface area (Å²) >= 11 is 1.30. The van der Waals surface area contributed by atoms with Crippen LogP contribution in [0.3, 0.4) is 0 Å². The molecule has 1 aliphatic rings. The molecule has 6 nitrogen and oxygen atoms in total. The van der Waals surface area contributed by atoms with Crippen LogP contribution in [0.15, 0.2) is 29.6 Å². The van der Waals surface area contributed by atoms with Crippen molar-refractivity contribution >= 4 is 27.5 Å². The molecule has 1 amide bonds. The molecular weight excluding hydrogens is 322 g/mol. The van der Waals surface area contributed by atoms with Crippen LogP contribution in [-0.2, 0) is 23.2 Å². The van der Waals surface area contributed by atoms with Crippen molar-refractivity contribution in [2.24, 2.45) is 0 Å². The fourth-order valence-corrected chi connectivity index (χ4v) is 4.08. The van der Waals surface area contributed by atoms with Crippen LogP contribution in [0.1, 0.15) is 26.6 Å². The summed E-state index contributed by atoms with van der Waals surface area (Å²) in [5.74, 6) is -0.691. The summed E-state index contributed by atoms with van der Waals surface area (Å²) in [5.41, 5.74) is 2.25. The van der Waals surface area contributed by atoms with E-state index < -0.39 is 16.1 Å². The molecule has 116 valence electrons. The molecule has 0 saturated heterocycles. The minimum Gasteiger partial charge on any atom is -0.266 e. The first kappa shape index (κ1) is 15.1. The predicted molar refractivity (Wildman–Crippen MR) is 83.8 cm³/mol. The maximum absolute atomic E-state index is 12.4. The van der Waals surface area contributed by atoms with Gasteiger partial charge in [-0.15, -0.1) is 11.3 Å². The van der Waals surface area contributed by atoms with Crippen molar-refractivity contribution in [3.63, 3.8) is 0 Å². The second-order valence-corrected chi connectivity index (χ2v) is 7.77. The second kappa shape index (κ2) is 5.79. The van der Waals surface area contributed by atoms with Crippen molar-refractivity contribution in [2.75, 3.05) is 6.54 Å². The Bertz CT molecular complexity index is 814. The summed E-state index contributed by atoms with van der Waals surface area (Å²) in [6, 6.07) is 7.72. The molecule has 0 spiro atoms. The van der Waals surface area contributed by atoms with E-state index in [4.69, 9.17) is 0 Å². The van der Waals surface area contributed by atoms with Crippen LogP contribution in [0.2, 0.25) is 0 Å². The van der Waals surface area contributed by atoms with E-state index in [1.54, 1.807) is 12.3 Å². The minimum atomic E-state index is -3.87. The maximum Gasteiger partial charge on any atom is 0.304 e. The molecule has 0 saturated carbocycles. The third-order valence-electron chi connectivity index (χ3n) is 3.51. The number of benzene rings is 1. The average molecular weight is 337 g/mol. The Morgan fingerprint density at radius 1 is 1.32 bits per heavy atom. The molecule has 0 radical (unpaired) electrons. The minimum absolute atomic E-state index is 0.128. The molecule has 2 aromatic rings. The highest BCUT2D eigenvalue weighted by molar-refractivity contribution is 7.87. The molecule has 0 atom stereocenters. The van der Waals surface area contributed by atoms with E-state index in [0.29, 0.717) is 13.0 Å². The molecule has 8 heteroatoms. The zero-order valence-corrected chi connectivity index (χ0v) is 13.6. The van der Waals surface area contributed by atoms with E-state index in [-0.39, 0.29) is 12.2 Å². The van der Waals surface area contributed by atoms with Crippen LogP contribution < -0.4 is 4.72 Å². The topological polar surface area (TPSA) is 79.4 Å². The van der Waals surface area contributed by atoms with Gasteiger partial charge in [-0.25, -0.2) is 9.71 Å². The normalized spacial score (nSPS) is 15.3. The Balaban J connectivity index is 1.75. The van der Waals surface area contributed by atoms with E-state index in [1.807, 2.05) is 24.3 Å². The predicted octanol–water partition coefficient (Wildman–Crippen LogP) is 1.48. The van der Waals surface area contributed by atoms with Crippen LogP contribution in [0.4, 0.5) is 0 Å². The summed E-state index contributed by atoms with van der Waals surface area (Å²) in [7, 11) is -3.87. The highest BCUT2D eigenvalue weighted by atomic mass is 32.2. The number of hydrogen-bond donors (Lipinski definition) is 1. The Hall–Kier alpha value is -1.77. The number of fused-ring (bicyclic) bond motifs is 1. The SMILES string of the molecule is Cc1nc(C(=O)NS(=O)(=O)N2CCc3ccccc3C2)cs1. The fraction of sp³-hybridized carbons (Fsp3) is 0.286. The van der Waals surface area contributed by atoms with Gasteiger partial charge in [0.05, 0.1) is 5.01 Å². The van der Waals surface area contributed by atoms with Crippen molar-refractivity contribution in [1.29, 1.82) is 0 Å². The highest BCUT2D eigenvalue weighted by Crippen LogP contribution is 2.20. The van der Waals surface area contributed by atoms with Crippen molar-refractivity contribution in [1.82, 2.24) is 14.0 Å². The van der Waals surface area contributed by atoms with Gasteiger partial charge in [-0.2, -0.15) is 12.7 Å². The van der Waals surface area contributed by atoms with Gasteiger partial charge in [0.2, 0.25) is 0 Å². The lowest BCUT2D eigenvalue weighted by Crippen LogP contribution is -2.45. The first-order valence-electron chi connectivity index (χ1n) is 6.77. The van der Waals surface area contributed by atoms with Gasteiger partial charge in [0.25, 0.3) is 5.91 Å². The quantitative estimate of drug-likeness (QED) is 0.920. The molecule has 1 aliphatic heterocycles. The Kier molecular flexibility index (Phi) is 3.98. The largest absolute Gasteiger partial charge is 0.304 e. The molecule has 0 unspecified atom stereocenters. The Morgan fingerprint density at radius 2 is 2.05 bits per heavy atom. The number of hydrogen-bond acceptors (Lipinski definition) is 5. The molecule has 0 bridgehead atoms. The number of aromatic nitrogens is 1. The average Bonchev–Trinajstić information content (AvgIpc) is 2.93. The molecule has 1 aromatic heterocycles. The van der Waals surface area contributed by atoms with Crippen LogP contribution in [-0.4, -0.2) is 30.2 Å². The number of carbonyl (C=O) groups excluding carboxylic acids is 1. The number of thiazole rings is 1. The first-order valence-corrected chi connectivity index (χ1v) is 9.09. The Labute approximate surface area is 133 Å². The molecule has 1 aromatic carbocycles. The van der Waals surface area contributed by atoms with Gasteiger partial charge >= 0.3 is 10.2 Å². The smallest absolute Gasteiger partial charge is 0.266 e. The van der Waals surface area contributed by atoms with Crippen molar-refractivity contribution in [3.05, 3.63) is 51.5 Å². The van der Waals surface area contributed by atoms with Crippen LogP contribution in [0.5, 0.6) is 0 Å². The number of rotatable bonds is 3. The lowest BCUT2D eigenvalue weighted by Gasteiger charge is -2.27. The van der Waals surface area contributed by atoms with E-state index in [2.05, 4.69) is 9.71 Å². The summed E-state index contributed by atoms with van der Waals surface area (Å²) < 4.78 is 28.1. The number of amides is 1. The van der Waals surface area contributed by atoms with Crippen LogP contribution in [0.25, 0.3) is 0 Å². The molecule has 22 heavy (non-hydrogen) atoms. The third kappa shape index (κ3) is 3.03. The van der Waals surface area contributed by atoms with Crippen molar-refractivity contribution in [2.45, 2.75) is 19.9 Å². The van der Waals surface area contributed by atoms with Gasteiger partial charge < -0.3 is 0 Å². The van der Waals surface area contributed by atoms with Crippen LogP contribution >= 0.6 is 11.3 Å². The monoisotopic (exact) mass is 337 g/mol. The van der Waals surface area contributed by atoms with Gasteiger partial charge in [-0.1, -0.05) is 24.3 Å². The van der Waals surface area contributed by atoms with Gasteiger partial charge in [-0.3, -0.25) is 4.79 Å². The number of nitrogens with one attached hydrogen (secondary N) is 1. The zero-order valence-electron chi connectivity index (χ0n) is 11.9. The number of aryl methyl sites for hydroxylation is 1. The first-order chi connectivity index (χ1) is 10.5. The summed E-state index contributed by atoms with van der Waals surface area (Å²) in [4.78, 5) is 16.0. The maximum atomic E-state index is 12.4. The lowest BCUT2D eigenvalue weighted by atomic mass is 10.0. The Morgan fingerprint density at radius 3 is 2.73 bits per heavy atom. The number of carbonyl (C=O) groups is 1. The number of nitrogens with zero attached hydrogens (tertiary/aromatic N) is 2. The van der Waals surface area contributed by atoms with Crippen LogP contribution in [0, 0.1) is 6.92 Å². The molecule has 0 aliphatic carbocycles. The van der Waals surface area contributed by atoms with Gasteiger partial charge in [0.1, 0.15) is 5.69 Å². The molecular formula is C14H15N3O3S2. The zero-order chi connectivity index (χ0) is 15.7. The molecule has 1 N–H and O–H groups in total. The summed E-state index contributed by atoms with van der Waals surface area (Å²) in [6.45, 7) is 2.39. The van der Waals surface area contributed by atoms with E-state index in [0.717, 1.165) is 16.1 Å². The third-order valence-corrected chi connectivity index (χ3v) is 5.72. The molecule has 0 fully saturated rings. The van der Waals surface area contributed by atoms with Gasteiger partial charge in [0, 0.05) is 18.5 Å². The lowest BCUT2D eigenvalue weighted by molar-refractivity contribution is 0.0974. The van der Waals surface area contributed by atoms with Crippen molar-refractivity contribution in [3.8, 4) is 0 Å². The summed E-state index contributed by atoms with van der Waals surface area (Å²) in [5, 5.41) is 2.26. The van der Waals surface area contributed by atoms with Gasteiger partial charge in [-0.05, 0) is 24.5 Å². The van der Waals surface area contributed by atoms with E-state index >= 15 is 0 Å². The molecule has 2 heterocycles. The highest BCUT2D eigenvalue weighted by Gasteiger charge is 2.28. The van der Waals surface area contributed by atoms with E-state index in [1.165, 1.54) is 15.6 Å². The fourth-order valence-electron chi connectivity index (χ4n) is 2.38.